The van der Waals surface area contributed by atoms with E-state index in [1.54, 1.807) is 0 Å². The van der Waals surface area contributed by atoms with Crippen LogP contribution in [0, 0.1) is 0 Å². The lowest BCUT2D eigenvalue weighted by Gasteiger charge is -2.07. The highest BCUT2D eigenvalue weighted by Crippen LogP contribution is 2.07. The van der Waals surface area contributed by atoms with Crippen LogP contribution < -0.4 is 4.74 Å². The van der Waals surface area contributed by atoms with Crippen LogP contribution >= 0.6 is 0 Å². The molecule has 0 N–H and O–H groups in total. The zero-order chi connectivity index (χ0) is 13.9. The SMILES string of the molecule is c1ccc(COCCOCCOc2ccccc2)cc1. The summed E-state index contributed by atoms with van der Waals surface area (Å²) in [4.78, 5) is 0. The van der Waals surface area contributed by atoms with E-state index >= 15 is 0 Å². The maximum absolute atomic E-state index is 5.52. The van der Waals surface area contributed by atoms with E-state index in [-0.39, 0.29) is 0 Å². The molecule has 0 aromatic heterocycles. The Labute approximate surface area is 120 Å². The van der Waals surface area contributed by atoms with Gasteiger partial charge in [0, 0.05) is 0 Å². The van der Waals surface area contributed by atoms with E-state index in [1.165, 1.54) is 5.56 Å². The third-order valence-corrected chi connectivity index (χ3v) is 2.72. The Morgan fingerprint density at radius 2 is 1.20 bits per heavy atom. The lowest BCUT2D eigenvalue weighted by Crippen LogP contribution is -2.10. The molecule has 0 unspecified atom stereocenters. The number of hydrogen-bond donors (Lipinski definition) is 0. The Hall–Kier alpha value is -1.84. The van der Waals surface area contributed by atoms with Gasteiger partial charge in [0.1, 0.15) is 12.4 Å². The molecule has 0 fully saturated rings. The molecular weight excluding hydrogens is 252 g/mol. The van der Waals surface area contributed by atoms with Crippen molar-refractivity contribution in [1.29, 1.82) is 0 Å². The Morgan fingerprint density at radius 1 is 0.600 bits per heavy atom. The number of hydrogen-bond acceptors (Lipinski definition) is 3. The molecule has 0 atom stereocenters. The number of ether oxygens (including phenoxy) is 3. The van der Waals surface area contributed by atoms with E-state index in [4.69, 9.17) is 14.2 Å². The summed E-state index contributed by atoms with van der Waals surface area (Å²) < 4.78 is 16.5. The third kappa shape index (κ3) is 5.87. The Balaban J connectivity index is 1.44. The van der Waals surface area contributed by atoms with Crippen LogP contribution in [0.4, 0.5) is 0 Å². The fourth-order valence-electron chi connectivity index (χ4n) is 1.72. The van der Waals surface area contributed by atoms with Crippen molar-refractivity contribution in [2.24, 2.45) is 0 Å². The van der Waals surface area contributed by atoms with Crippen molar-refractivity contribution < 1.29 is 14.2 Å². The van der Waals surface area contributed by atoms with Gasteiger partial charge in [-0.3, -0.25) is 0 Å². The number of rotatable bonds is 9. The highest BCUT2D eigenvalue weighted by atomic mass is 16.5. The van der Waals surface area contributed by atoms with Crippen LogP contribution in [0.3, 0.4) is 0 Å². The average molecular weight is 272 g/mol. The normalized spacial score (nSPS) is 10.4. The monoisotopic (exact) mass is 272 g/mol. The second-order valence-electron chi connectivity index (χ2n) is 4.31. The summed E-state index contributed by atoms with van der Waals surface area (Å²) in [5, 5.41) is 0. The Kier molecular flexibility index (Phi) is 6.65. The average Bonchev–Trinajstić information content (AvgIpc) is 2.52. The molecule has 0 radical (unpaired) electrons. The summed E-state index contributed by atoms with van der Waals surface area (Å²) in [6.07, 6.45) is 0. The minimum atomic E-state index is 0.558. The van der Waals surface area contributed by atoms with Gasteiger partial charge in [-0.05, 0) is 17.7 Å². The van der Waals surface area contributed by atoms with E-state index < -0.39 is 0 Å². The van der Waals surface area contributed by atoms with Crippen molar-refractivity contribution in [1.82, 2.24) is 0 Å². The zero-order valence-electron chi connectivity index (χ0n) is 11.5. The van der Waals surface area contributed by atoms with Crippen LogP contribution in [0.5, 0.6) is 5.75 Å². The molecule has 3 nitrogen and oxygen atoms in total. The number of benzene rings is 2. The summed E-state index contributed by atoms with van der Waals surface area (Å²) >= 11 is 0. The van der Waals surface area contributed by atoms with Gasteiger partial charge in [0.15, 0.2) is 0 Å². The Bertz CT molecular complexity index is 411. The van der Waals surface area contributed by atoms with Crippen molar-refractivity contribution in [3.05, 3.63) is 66.2 Å². The van der Waals surface area contributed by atoms with Crippen LogP contribution in [0.1, 0.15) is 5.56 Å². The van der Waals surface area contributed by atoms with Crippen molar-refractivity contribution in [3.8, 4) is 5.75 Å². The van der Waals surface area contributed by atoms with Gasteiger partial charge in [0.05, 0.1) is 26.4 Å². The molecule has 0 saturated carbocycles. The van der Waals surface area contributed by atoms with Crippen molar-refractivity contribution in [2.75, 3.05) is 26.4 Å². The fourth-order valence-corrected chi connectivity index (χ4v) is 1.72. The molecule has 2 rings (SSSR count). The van der Waals surface area contributed by atoms with E-state index in [2.05, 4.69) is 12.1 Å². The molecule has 0 bridgehead atoms. The highest BCUT2D eigenvalue weighted by molar-refractivity contribution is 5.20. The van der Waals surface area contributed by atoms with Crippen molar-refractivity contribution in [3.63, 3.8) is 0 Å². The maximum atomic E-state index is 5.52. The lowest BCUT2D eigenvalue weighted by molar-refractivity contribution is 0.0303. The second-order valence-corrected chi connectivity index (χ2v) is 4.31. The molecule has 0 aliphatic rings. The molecule has 2 aromatic carbocycles. The molecule has 20 heavy (non-hydrogen) atoms. The van der Waals surface area contributed by atoms with Crippen molar-refractivity contribution >= 4 is 0 Å². The topological polar surface area (TPSA) is 27.7 Å². The third-order valence-electron chi connectivity index (χ3n) is 2.72. The van der Waals surface area contributed by atoms with Gasteiger partial charge in [-0.25, -0.2) is 0 Å². The van der Waals surface area contributed by atoms with Gasteiger partial charge in [-0.1, -0.05) is 48.5 Å². The standard InChI is InChI=1S/C17H20O3/c1-3-7-16(8-4-1)15-19-12-11-18-13-14-20-17-9-5-2-6-10-17/h1-10H,11-15H2. The molecule has 0 amide bonds. The van der Waals surface area contributed by atoms with Crippen LogP contribution in [-0.4, -0.2) is 26.4 Å². The summed E-state index contributed by atoms with van der Waals surface area (Å²) in [5.41, 5.74) is 1.18. The molecule has 0 aliphatic heterocycles. The summed E-state index contributed by atoms with van der Waals surface area (Å²) in [6, 6.07) is 19.9. The molecule has 3 heteroatoms. The van der Waals surface area contributed by atoms with Gasteiger partial charge < -0.3 is 14.2 Å². The van der Waals surface area contributed by atoms with Gasteiger partial charge in [-0.2, -0.15) is 0 Å². The lowest BCUT2D eigenvalue weighted by atomic mass is 10.2. The molecule has 0 aliphatic carbocycles. The smallest absolute Gasteiger partial charge is 0.119 e. The largest absolute Gasteiger partial charge is 0.491 e. The van der Waals surface area contributed by atoms with Crippen molar-refractivity contribution in [2.45, 2.75) is 6.61 Å². The first kappa shape index (κ1) is 14.6. The molecule has 0 spiro atoms. The van der Waals surface area contributed by atoms with Crippen LogP contribution in [0.25, 0.3) is 0 Å². The molecular formula is C17H20O3. The summed E-state index contributed by atoms with van der Waals surface area (Å²) in [6.45, 7) is 2.95. The van der Waals surface area contributed by atoms with E-state index in [0.29, 0.717) is 33.0 Å². The van der Waals surface area contributed by atoms with E-state index in [9.17, 15) is 0 Å². The fraction of sp³-hybridized carbons (Fsp3) is 0.294. The van der Waals surface area contributed by atoms with Gasteiger partial charge in [-0.15, -0.1) is 0 Å². The van der Waals surface area contributed by atoms with Crippen LogP contribution in [0.2, 0.25) is 0 Å². The minimum absolute atomic E-state index is 0.558. The molecule has 0 heterocycles. The predicted molar refractivity (Wildman–Crippen MR) is 78.9 cm³/mol. The van der Waals surface area contributed by atoms with Gasteiger partial charge in [0.2, 0.25) is 0 Å². The van der Waals surface area contributed by atoms with Gasteiger partial charge >= 0.3 is 0 Å². The van der Waals surface area contributed by atoms with Gasteiger partial charge in [0.25, 0.3) is 0 Å². The second kappa shape index (κ2) is 9.13. The highest BCUT2D eigenvalue weighted by Gasteiger charge is 1.94. The van der Waals surface area contributed by atoms with Crippen LogP contribution in [-0.2, 0) is 16.1 Å². The molecule has 106 valence electrons. The quantitative estimate of drug-likeness (QED) is 0.656. The Morgan fingerprint density at radius 3 is 1.95 bits per heavy atom. The maximum Gasteiger partial charge on any atom is 0.119 e. The first-order valence-corrected chi connectivity index (χ1v) is 6.82. The summed E-state index contributed by atoms with van der Waals surface area (Å²) in [7, 11) is 0. The summed E-state index contributed by atoms with van der Waals surface area (Å²) in [5.74, 6) is 0.872. The minimum Gasteiger partial charge on any atom is -0.491 e. The number of para-hydroxylation sites is 1. The first-order chi connectivity index (χ1) is 9.95. The molecule has 2 aromatic rings. The predicted octanol–water partition coefficient (Wildman–Crippen LogP) is 3.30. The van der Waals surface area contributed by atoms with E-state index in [0.717, 1.165) is 5.75 Å². The zero-order valence-corrected chi connectivity index (χ0v) is 11.5. The molecule has 0 saturated heterocycles. The van der Waals surface area contributed by atoms with E-state index in [1.807, 2.05) is 48.5 Å². The van der Waals surface area contributed by atoms with Crippen LogP contribution in [0.15, 0.2) is 60.7 Å². The first-order valence-electron chi connectivity index (χ1n) is 6.82.